The predicted octanol–water partition coefficient (Wildman–Crippen LogP) is 1.03. The Hall–Kier alpha value is -3.62. The second kappa shape index (κ2) is 6.11. The van der Waals surface area contributed by atoms with Gasteiger partial charge in [0.25, 0.3) is 5.91 Å². The van der Waals surface area contributed by atoms with Crippen LogP contribution < -0.4 is 0 Å². The van der Waals surface area contributed by atoms with E-state index in [-0.39, 0.29) is 12.5 Å². The predicted molar refractivity (Wildman–Crippen MR) is 87.1 cm³/mol. The minimum Gasteiger partial charge on any atom is -0.341 e. The zero-order valence-corrected chi connectivity index (χ0v) is 13.1. The Morgan fingerprint density at radius 1 is 1.20 bits per heavy atom. The smallest absolute Gasteiger partial charge is 0.270 e. The van der Waals surface area contributed by atoms with E-state index in [0.29, 0.717) is 17.8 Å². The highest BCUT2D eigenvalue weighted by Gasteiger charge is 2.11. The first-order valence-electron chi connectivity index (χ1n) is 7.54. The monoisotopic (exact) mass is 335 g/mol. The fraction of sp³-hybridized carbons (Fsp3) is 0.125. The van der Waals surface area contributed by atoms with Gasteiger partial charge < -0.3 is 4.57 Å². The van der Waals surface area contributed by atoms with Crippen LogP contribution in [0.2, 0.25) is 0 Å². The lowest BCUT2D eigenvalue weighted by Crippen LogP contribution is -2.18. The molecule has 9 heteroatoms. The molecule has 0 aliphatic heterocycles. The quantitative estimate of drug-likeness (QED) is 0.505. The second-order valence-electron chi connectivity index (χ2n) is 5.49. The van der Waals surface area contributed by atoms with Gasteiger partial charge in [-0.1, -0.05) is 23.4 Å². The van der Waals surface area contributed by atoms with Gasteiger partial charge in [-0.05, 0) is 6.07 Å². The van der Waals surface area contributed by atoms with Crippen molar-refractivity contribution in [2.75, 3.05) is 0 Å². The Morgan fingerprint density at radius 3 is 2.88 bits per heavy atom. The molecule has 1 aromatic carbocycles. The van der Waals surface area contributed by atoms with Gasteiger partial charge in [-0.15, -0.1) is 5.10 Å². The van der Waals surface area contributed by atoms with Crippen molar-refractivity contribution in [3.05, 3.63) is 60.6 Å². The van der Waals surface area contributed by atoms with Crippen LogP contribution in [-0.4, -0.2) is 46.5 Å². The van der Waals surface area contributed by atoms with Crippen molar-refractivity contribution in [3.63, 3.8) is 0 Å². The zero-order valence-electron chi connectivity index (χ0n) is 13.1. The third kappa shape index (κ3) is 2.82. The SMILES string of the molecule is O=Cc1cn(Cc2cn(CC(=O)n3cncn3)nn2)c2ccccc12. The molecule has 3 heterocycles. The highest BCUT2D eigenvalue weighted by atomic mass is 16.2. The number of hydrogen-bond acceptors (Lipinski definition) is 6. The highest BCUT2D eigenvalue weighted by molar-refractivity contribution is 5.97. The van der Waals surface area contributed by atoms with Gasteiger partial charge in [-0.3, -0.25) is 9.59 Å². The number of aromatic nitrogens is 7. The summed E-state index contributed by atoms with van der Waals surface area (Å²) in [6.07, 6.45) is 6.97. The van der Waals surface area contributed by atoms with Gasteiger partial charge in [-0.25, -0.2) is 9.67 Å². The van der Waals surface area contributed by atoms with Gasteiger partial charge in [0.2, 0.25) is 0 Å². The van der Waals surface area contributed by atoms with Crippen LogP contribution in [0.15, 0.2) is 49.3 Å². The molecule has 25 heavy (non-hydrogen) atoms. The molecule has 0 unspecified atom stereocenters. The first-order valence-corrected chi connectivity index (χ1v) is 7.54. The molecule has 0 bridgehead atoms. The van der Waals surface area contributed by atoms with E-state index in [4.69, 9.17) is 0 Å². The Balaban J connectivity index is 1.55. The molecule has 0 aliphatic rings. The van der Waals surface area contributed by atoms with E-state index >= 15 is 0 Å². The number of hydrogen-bond donors (Lipinski definition) is 0. The molecule has 4 aromatic rings. The molecule has 0 atom stereocenters. The van der Waals surface area contributed by atoms with Crippen molar-refractivity contribution in [2.24, 2.45) is 0 Å². The summed E-state index contributed by atoms with van der Waals surface area (Å²) in [6, 6.07) is 7.66. The largest absolute Gasteiger partial charge is 0.341 e. The number of fused-ring (bicyclic) bond motifs is 1. The van der Waals surface area contributed by atoms with Crippen LogP contribution in [0, 0.1) is 0 Å². The van der Waals surface area contributed by atoms with Gasteiger partial charge in [0.05, 0.1) is 12.7 Å². The number of benzene rings is 1. The number of carbonyl (C=O) groups excluding carboxylic acids is 2. The van der Waals surface area contributed by atoms with E-state index in [1.165, 1.54) is 17.3 Å². The van der Waals surface area contributed by atoms with Crippen molar-refractivity contribution in [3.8, 4) is 0 Å². The standard InChI is InChI=1S/C16H13N7O2/c24-9-12-5-21(15-4-2-1-3-14(12)15)6-13-7-22(20-19-13)8-16(25)23-11-17-10-18-23/h1-5,7,9-11H,6,8H2. The number of carbonyl (C=O) groups is 2. The summed E-state index contributed by atoms with van der Waals surface area (Å²) in [6.45, 7) is 0.467. The van der Waals surface area contributed by atoms with Crippen molar-refractivity contribution in [1.82, 2.24) is 34.3 Å². The Kier molecular flexibility index (Phi) is 3.65. The molecule has 0 fully saturated rings. The highest BCUT2D eigenvalue weighted by Crippen LogP contribution is 2.20. The van der Waals surface area contributed by atoms with Gasteiger partial charge in [-0.2, -0.15) is 9.78 Å². The van der Waals surface area contributed by atoms with Gasteiger partial charge >= 0.3 is 0 Å². The summed E-state index contributed by atoms with van der Waals surface area (Å²) < 4.78 is 4.54. The second-order valence-corrected chi connectivity index (χ2v) is 5.49. The van der Waals surface area contributed by atoms with Gasteiger partial charge in [0, 0.05) is 22.7 Å². The van der Waals surface area contributed by atoms with Crippen LogP contribution >= 0.6 is 0 Å². The van der Waals surface area contributed by atoms with Crippen LogP contribution in [-0.2, 0) is 13.1 Å². The average molecular weight is 335 g/mol. The van der Waals surface area contributed by atoms with E-state index in [0.717, 1.165) is 21.9 Å². The van der Waals surface area contributed by atoms with Crippen molar-refractivity contribution in [1.29, 1.82) is 0 Å². The minimum absolute atomic E-state index is 0.0162. The lowest BCUT2D eigenvalue weighted by Gasteiger charge is -2.01. The third-order valence-electron chi connectivity index (χ3n) is 3.84. The maximum Gasteiger partial charge on any atom is 0.270 e. The Labute approximate surface area is 141 Å². The maximum absolute atomic E-state index is 12.0. The molecule has 0 spiro atoms. The van der Waals surface area contributed by atoms with Gasteiger partial charge in [0.15, 0.2) is 6.29 Å². The topological polar surface area (TPSA) is 100 Å². The van der Waals surface area contributed by atoms with Gasteiger partial charge in [0.1, 0.15) is 24.9 Å². The van der Waals surface area contributed by atoms with Crippen LogP contribution in [0.4, 0.5) is 0 Å². The van der Waals surface area contributed by atoms with E-state index < -0.39 is 0 Å². The molecule has 124 valence electrons. The van der Waals surface area contributed by atoms with E-state index in [9.17, 15) is 9.59 Å². The Morgan fingerprint density at radius 2 is 2.08 bits per heavy atom. The molecule has 3 aromatic heterocycles. The summed E-state index contributed by atoms with van der Waals surface area (Å²) in [4.78, 5) is 27.0. The minimum atomic E-state index is -0.261. The molecular weight excluding hydrogens is 322 g/mol. The molecule has 9 nitrogen and oxygen atoms in total. The molecule has 0 aliphatic carbocycles. The van der Waals surface area contributed by atoms with E-state index in [1.54, 1.807) is 12.4 Å². The lowest BCUT2D eigenvalue weighted by atomic mass is 10.2. The molecule has 0 saturated heterocycles. The molecule has 0 N–H and O–H groups in total. The summed E-state index contributed by atoms with van der Waals surface area (Å²) >= 11 is 0. The summed E-state index contributed by atoms with van der Waals surface area (Å²) in [5, 5.41) is 12.7. The van der Waals surface area contributed by atoms with E-state index in [1.807, 2.05) is 28.8 Å². The fourth-order valence-electron chi connectivity index (χ4n) is 2.71. The van der Waals surface area contributed by atoms with Crippen molar-refractivity contribution >= 4 is 23.1 Å². The molecular formula is C16H13N7O2. The third-order valence-corrected chi connectivity index (χ3v) is 3.84. The summed E-state index contributed by atoms with van der Waals surface area (Å²) in [5.41, 5.74) is 2.26. The maximum atomic E-state index is 12.0. The lowest BCUT2D eigenvalue weighted by molar-refractivity contribution is 0.0869. The van der Waals surface area contributed by atoms with Crippen LogP contribution in [0.3, 0.4) is 0 Å². The zero-order chi connectivity index (χ0) is 17.2. The number of nitrogens with zero attached hydrogens (tertiary/aromatic N) is 7. The fourth-order valence-corrected chi connectivity index (χ4v) is 2.71. The average Bonchev–Trinajstić information content (AvgIpc) is 3.36. The summed E-state index contributed by atoms with van der Waals surface area (Å²) in [5.74, 6) is -0.261. The first kappa shape index (κ1) is 14.9. The normalized spacial score (nSPS) is 11.0. The Bertz CT molecular complexity index is 1050. The number of para-hydroxylation sites is 1. The van der Waals surface area contributed by atoms with Crippen LogP contribution in [0.25, 0.3) is 10.9 Å². The number of rotatable bonds is 5. The molecule has 4 rings (SSSR count). The summed E-state index contributed by atoms with van der Waals surface area (Å²) in [7, 11) is 0. The van der Waals surface area contributed by atoms with Crippen molar-refractivity contribution < 1.29 is 9.59 Å². The molecule has 0 saturated carbocycles. The first-order chi connectivity index (χ1) is 12.2. The van der Waals surface area contributed by atoms with Crippen LogP contribution in [0.5, 0.6) is 0 Å². The van der Waals surface area contributed by atoms with Crippen molar-refractivity contribution in [2.45, 2.75) is 13.1 Å². The molecule has 0 amide bonds. The van der Waals surface area contributed by atoms with E-state index in [2.05, 4.69) is 20.4 Å². The van der Waals surface area contributed by atoms with Crippen LogP contribution in [0.1, 0.15) is 20.8 Å². The molecule has 0 radical (unpaired) electrons. The number of aldehydes is 1.